The Bertz CT molecular complexity index is 612. The summed E-state index contributed by atoms with van der Waals surface area (Å²) in [6.07, 6.45) is 3.06. The first-order valence-electron chi connectivity index (χ1n) is 7.95. The van der Waals surface area contributed by atoms with Crippen molar-refractivity contribution in [1.29, 1.82) is 0 Å². The lowest BCUT2D eigenvalue weighted by Crippen LogP contribution is -2.51. The Hall–Kier alpha value is -1.82. The molecular formula is C18H23BrN2O3. The molecule has 0 unspecified atom stereocenters. The van der Waals surface area contributed by atoms with Gasteiger partial charge in [-0.2, -0.15) is 0 Å². The number of carbonyl (C=O) groups is 2. The number of hydrogen-bond donors (Lipinski definition) is 0. The third-order valence-electron chi connectivity index (χ3n) is 3.53. The van der Waals surface area contributed by atoms with Crippen LogP contribution >= 0.6 is 15.9 Å². The highest BCUT2D eigenvalue weighted by Gasteiger charge is 2.26. The van der Waals surface area contributed by atoms with Crippen molar-refractivity contribution < 1.29 is 14.3 Å². The Morgan fingerprint density at radius 1 is 1.04 bits per heavy atom. The van der Waals surface area contributed by atoms with E-state index in [9.17, 15) is 9.59 Å². The highest BCUT2D eigenvalue weighted by Crippen LogP contribution is 2.13. The van der Waals surface area contributed by atoms with Crippen molar-refractivity contribution in [2.45, 2.75) is 26.4 Å². The van der Waals surface area contributed by atoms with Crippen molar-refractivity contribution in [3.05, 3.63) is 40.4 Å². The Kier molecular flexibility index (Phi) is 6.04. The number of rotatable bonds is 2. The van der Waals surface area contributed by atoms with Gasteiger partial charge in [0.1, 0.15) is 5.60 Å². The van der Waals surface area contributed by atoms with Crippen molar-refractivity contribution in [1.82, 2.24) is 9.80 Å². The second-order valence-corrected chi connectivity index (χ2v) is 7.59. The zero-order chi connectivity index (χ0) is 17.7. The van der Waals surface area contributed by atoms with E-state index in [4.69, 9.17) is 4.74 Å². The smallest absolute Gasteiger partial charge is 0.410 e. The maximum absolute atomic E-state index is 12.2. The minimum Gasteiger partial charge on any atom is -0.444 e. The summed E-state index contributed by atoms with van der Waals surface area (Å²) < 4.78 is 6.36. The first-order valence-corrected chi connectivity index (χ1v) is 8.74. The molecular weight excluding hydrogens is 372 g/mol. The molecule has 1 heterocycles. The van der Waals surface area contributed by atoms with E-state index in [0.717, 1.165) is 10.0 Å². The largest absolute Gasteiger partial charge is 0.444 e. The van der Waals surface area contributed by atoms with Crippen molar-refractivity contribution in [3.63, 3.8) is 0 Å². The van der Waals surface area contributed by atoms with Gasteiger partial charge < -0.3 is 14.5 Å². The molecule has 0 N–H and O–H groups in total. The van der Waals surface area contributed by atoms with Crippen LogP contribution in [0.2, 0.25) is 0 Å². The summed E-state index contributed by atoms with van der Waals surface area (Å²) in [5, 5.41) is 0. The molecule has 24 heavy (non-hydrogen) atoms. The van der Waals surface area contributed by atoms with Gasteiger partial charge in [0.05, 0.1) is 0 Å². The third kappa shape index (κ3) is 5.67. The molecule has 1 fully saturated rings. The maximum atomic E-state index is 12.2. The van der Waals surface area contributed by atoms with Gasteiger partial charge in [0.2, 0.25) is 5.91 Å². The molecule has 6 heteroatoms. The molecule has 0 bridgehead atoms. The second kappa shape index (κ2) is 7.83. The summed E-state index contributed by atoms with van der Waals surface area (Å²) in [4.78, 5) is 27.6. The fraction of sp³-hybridized carbons (Fsp3) is 0.444. The van der Waals surface area contributed by atoms with Crippen molar-refractivity contribution in [2.24, 2.45) is 0 Å². The number of benzene rings is 1. The van der Waals surface area contributed by atoms with Crippen LogP contribution in [0, 0.1) is 0 Å². The second-order valence-electron chi connectivity index (χ2n) is 6.68. The maximum Gasteiger partial charge on any atom is 0.410 e. The van der Waals surface area contributed by atoms with E-state index in [1.165, 1.54) is 0 Å². The lowest BCUT2D eigenvalue weighted by molar-refractivity contribution is -0.127. The molecule has 0 aromatic heterocycles. The minimum absolute atomic E-state index is 0.0400. The molecule has 1 aliphatic heterocycles. The molecule has 130 valence electrons. The zero-order valence-electron chi connectivity index (χ0n) is 14.3. The van der Waals surface area contributed by atoms with E-state index in [-0.39, 0.29) is 12.0 Å². The molecule has 0 atom stereocenters. The van der Waals surface area contributed by atoms with Crippen LogP contribution in [0.4, 0.5) is 4.79 Å². The number of nitrogens with zero attached hydrogens (tertiary/aromatic N) is 2. The van der Waals surface area contributed by atoms with Crippen LogP contribution in [0.15, 0.2) is 34.8 Å². The number of halogens is 1. The summed E-state index contributed by atoms with van der Waals surface area (Å²) in [7, 11) is 0. The number of carbonyl (C=O) groups excluding carboxylic acids is 2. The van der Waals surface area contributed by atoms with Crippen molar-refractivity contribution in [2.75, 3.05) is 26.2 Å². The van der Waals surface area contributed by atoms with Gasteiger partial charge in [-0.15, -0.1) is 0 Å². The van der Waals surface area contributed by atoms with Crippen LogP contribution in [0.5, 0.6) is 0 Å². The number of amides is 2. The van der Waals surface area contributed by atoms with Gasteiger partial charge in [0.25, 0.3) is 0 Å². The fourth-order valence-corrected chi connectivity index (χ4v) is 2.55. The van der Waals surface area contributed by atoms with E-state index in [0.29, 0.717) is 26.2 Å². The summed E-state index contributed by atoms with van der Waals surface area (Å²) in [5.41, 5.74) is 0.469. The Labute approximate surface area is 151 Å². The number of hydrogen-bond acceptors (Lipinski definition) is 3. The Morgan fingerprint density at radius 3 is 2.12 bits per heavy atom. The van der Waals surface area contributed by atoms with Gasteiger partial charge in [0, 0.05) is 36.7 Å². The normalized spacial score (nSPS) is 15.7. The average Bonchev–Trinajstić information content (AvgIpc) is 2.52. The SMILES string of the molecule is CC(C)(C)OC(=O)N1CCN(C(=O)/C=C/c2ccc(Br)cc2)CC1. The summed E-state index contributed by atoms with van der Waals surface area (Å²) >= 11 is 3.38. The predicted octanol–water partition coefficient (Wildman–Crippen LogP) is 3.54. The van der Waals surface area contributed by atoms with Crippen LogP contribution in [0.1, 0.15) is 26.3 Å². The Balaban J connectivity index is 1.84. The topological polar surface area (TPSA) is 49.9 Å². The molecule has 1 aromatic rings. The summed E-state index contributed by atoms with van der Waals surface area (Å²) in [6.45, 7) is 7.55. The fourth-order valence-electron chi connectivity index (χ4n) is 2.28. The van der Waals surface area contributed by atoms with Crippen LogP contribution in [0.25, 0.3) is 6.08 Å². The molecule has 1 aromatic carbocycles. The molecule has 1 saturated heterocycles. The van der Waals surface area contributed by atoms with Gasteiger partial charge in [-0.1, -0.05) is 28.1 Å². The van der Waals surface area contributed by atoms with Crippen LogP contribution in [-0.4, -0.2) is 53.6 Å². The quantitative estimate of drug-likeness (QED) is 0.720. The van der Waals surface area contributed by atoms with E-state index >= 15 is 0 Å². The van der Waals surface area contributed by atoms with E-state index in [1.54, 1.807) is 22.0 Å². The van der Waals surface area contributed by atoms with Gasteiger partial charge in [-0.25, -0.2) is 4.79 Å². The van der Waals surface area contributed by atoms with Crippen LogP contribution in [-0.2, 0) is 9.53 Å². The van der Waals surface area contributed by atoms with E-state index in [2.05, 4.69) is 15.9 Å². The van der Waals surface area contributed by atoms with E-state index in [1.807, 2.05) is 45.0 Å². The molecule has 0 aliphatic carbocycles. The Morgan fingerprint density at radius 2 is 1.58 bits per heavy atom. The van der Waals surface area contributed by atoms with Gasteiger partial charge >= 0.3 is 6.09 Å². The zero-order valence-corrected chi connectivity index (χ0v) is 15.9. The molecule has 0 radical (unpaired) electrons. The number of piperazine rings is 1. The highest BCUT2D eigenvalue weighted by molar-refractivity contribution is 9.10. The molecule has 0 spiro atoms. The van der Waals surface area contributed by atoms with Gasteiger partial charge in [-0.3, -0.25) is 4.79 Å². The van der Waals surface area contributed by atoms with E-state index < -0.39 is 5.60 Å². The standard InChI is InChI=1S/C18H23BrN2O3/c1-18(2,3)24-17(23)21-12-10-20(11-13-21)16(22)9-6-14-4-7-15(19)8-5-14/h4-9H,10-13H2,1-3H3/b9-6+. The minimum atomic E-state index is -0.503. The van der Waals surface area contributed by atoms with Crippen LogP contribution < -0.4 is 0 Å². The van der Waals surface area contributed by atoms with Gasteiger partial charge in [-0.05, 0) is 44.5 Å². The van der Waals surface area contributed by atoms with Gasteiger partial charge in [0.15, 0.2) is 0 Å². The first kappa shape index (κ1) is 18.5. The summed E-state index contributed by atoms with van der Waals surface area (Å²) in [5.74, 6) is -0.0400. The van der Waals surface area contributed by atoms with Crippen molar-refractivity contribution >= 4 is 34.0 Å². The lowest BCUT2D eigenvalue weighted by Gasteiger charge is -2.35. The highest BCUT2D eigenvalue weighted by atomic mass is 79.9. The predicted molar refractivity (Wildman–Crippen MR) is 97.6 cm³/mol. The van der Waals surface area contributed by atoms with Crippen LogP contribution in [0.3, 0.4) is 0 Å². The number of ether oxygens (including phenoxy) is 1. The molecule has 5 nitrogen and oxygen atoms in total. The molecule has 2 amide bonds. The average molecular weight is 395 g/mol. The molecule has 2 rings (SSSR count). The third-order valence-corrected chi connectivity index (χ3v) is 4.06. The molecule has 1 aliphatic rings. The first-order chi connectivity index (χ1) is 11.2. The molecule has 0 saturated carbocycles. The van der Waals surface area contributed by atoms with Crippen molar-refractivity contribution in [3.8, 4) is 0 Å². The monoisotopic (exact) mass is 394 g/mol. The summed E-state index contributed by atoms with van der Waals surface area (Å²) in [6, 6.07) is 7.75. The lowest BCUT2D eigenvalue weighted by atomic mass is 10.2.